The molecule has 2 rings (SSSR count). The van der Waals surface area contributed by atoms with Gasteiger partial charge in [0, 0.05) is 12.8 Å². The molecular weight excluding hydrogens is 329 g/mol. The van der Waals surface area contributed by atoms with E-state index >= 15 is 0 Å². The van der Waals surface area contributed by atoms with Crippen LogP contribution in [0.4, 0.5) is 0 Å². The number of hydrogen-bond acceptors (Lipinski definition) is 4. The van der Waals surface area contributed by atoms with Crippen molar-refractivity contribution in [3.63, 3.8) is 0 Å². The SMILES string of the molecule is N#C[C@](CCC(=O)O)(CC1OCCO1)c1ccc(Cl)c(Cl)c1. The van der Waals surface area contributed by atoms with E-state index in [1.807, 2.05) is 0 Å². The first-order valence-corrected chi connectivity index (χ1v) is 7.54. The minimum absolute atomic E-state index is 0.138. The van der Waals surface area contributed by atoms with Crippen LogP contribution in [0.15, 0.2) is 18.2 Å². The zero-order valence-corrected chi connectivity index (χ0v) is 13.2. The van der Waals surface area contributed by atoms with Crippen molar-refractivity contribution in [1.82, 2.24) is 0 Å². The highest BCUT2D eigenvalue weighted by molar-refractivity contribution is 6.42. The van der Waals surface area contributed by atoms with Crippen LogP contribution in [0.25, 0.3) is 0 Å². The summed E-state index contributed by atoms with van der Waals surface area (Å²) in [5, 5.41) is 19.4. The third-order valence-corrected chi connectivity index (χ3v) is 4.40. The Morgan fingerprint density at radius 2 is 2.05 bits per heavy atom. The highest BCUT2D eigenvalue weighted by Gasteiger charge is 2.38. The molecule has 1 heterocycles. The van der Waals surface area contributed by atoms with Crippen LogP contribution in [-0.4, -0.2) is 30.6 Å². The Morgan fingerprint density at radius 1 is 1.36 bits per heavy atom. The molecule has 0 amide bonds. The van der Waals surface area contributed by atoms with Crippen LogP contribution in [0.3, 0.4) is 0 Å². The summed E-state index contributed by atoms with van der Waals surface area (Å²) >= 11 is 11.9. The van der Waals surface area contributed by atoms with Crippen molar-refractivity contribution in [2.24, 2.45) is 0 Å². The number of rotatable bonds is 6. The molecule has 1 aromatic carbocycles. The lowest BCUT2D eigenvalue weighted by molar-refractivity contribution is -0.137. The quantitative estimate of drug-likeness (QED) is 0.856. The average Bonchev–Trinajstić information content (AvgIpc) is 2.99. The van der Waals surface area contributed by atoms with Gasteiger partial charge < -0.3 is 14.6 Å². The van der Waals surface area contributed by atoms with Crippen LogP contribution < -0.4 is 0 Å². The molecule has 0 bridgehead atoms. The lowest BCUT2D eigenvalue weighted by Gasteiger charge is -2.29. The summed E-state index contributed by atoms with van der Waals surface area (Å²) in [5.41, 5.74) is -0.438. The second kappa shape index (κ2) is 7.30. The molecule has 0 aliphatic carbocycles. The van der Waals surface area contributed by atoms with Crippen LogP contribution in [0, 0.1) is 11.3 Å². The predicted octanol–water partition coefficient (Wildman–Crippen LogP) is 3.38. The van der Waals surface area contributed by atoms with Crippen molar-refractivity contribution in [3.8, 4) is 6.07 Å². The average molecular weight is 344 g/mol. The third-order valence-electron chi connectivity index (χ3n) is 3.66. The lowest BCUT2D eigenvalue weighted by Crippen LogP contribution is -2.31. The van der Waals surface area contributed by atoms with Crippen molar-refractivity contribution in [2.45, 2.75) is 31.0 Å². The molecule has 0 radical (unpaired) electrons. The largest absolute Gasteiger partial charge is 0.481 e. The zero-order chi connectivity index (χ0) is 16.2. The van der Waals surface area contributed by atoms with Crippen LogP contribution in [-0.2, 0) is 19.7 Å². The van der Waals surface area contributed by atoms with Gasteiger partial charge in [-0.15, -0.1) is 0 Å². The van der Waals surface area contributed by atoms with E-state index in [4.69, 9.17) is 37.8 Å². The first-order valence-electron chi connectivity index (χ1n) is 6.78. The van der Waals surface area contributed by atoms with Crippen LogP contribution in [0.5, 0.6) is 0 Å². The fourth-order valence-corrected chi connectivity index (χ4v) is 2.75. The van der Waals surface area contributed by atoms with Crippen molar-refractivity contribution < 1.29 is 19.4 Å². The number of carbonyl (C=O) groups is 1. The van der Waals surface area contributed by atoms with E-state index in [2.05, 4.69) is 6.07 Å². The van der Waals surface area contributed by atoms with Gasteiger partial charge in [0.05, 0.1) is 34.7 Å². The van der Waals surface area contributed by atoms with Crippen LogP contribution in [0.2, 0.25) is 10.0 Å². The Hall–Kier alpha value is -1.32. The normalized spacial score (nSPS) is 17.9. The van der Waals surface area contributed by atoms with Crippen molar-refractivity contribution in [2.75, 3.05) is 13.2 Å². The summed E-state index contributed by atoms with van der Waals surface area (Å²) in [6, 6.07) is 7.13. The number of ether oxygens (including phenoxy) is 2. The maximum absolute atomic E-state index is 10.9. The number of hydrogen-bond donors (Lipinski definition) is 1. The summed E-state index contributed by atoms with van der Waals surface area (Å²) in [4.78, 5) is 10.9. The summed E-state index contributed by atoms with van der Waals surface area (Å²) in [6.45, 7) is 0.930. The van der Waals surface area contributed by atoms with Gasteiger partial charge in [0.25, 0.3) is 0 Å². The lowest BCUT2D eigenvalue weighted by atomic mass is 9.75. The van der Waals surface area contributed by atoms with Gasteiger partial charge in [0.2, 0.25) is 0 Å². The monoisotopic (exact) mass is 343 g/mol. The molecule has 1 aliphatic heterocycles. The number of carboxylic acid groups (broad SMARTS) is 1. The predicted molar refractivity (Wildman–Crippen MR) is 80.9 cm³/mol. The highest BCUT2D eigenvalue weighted by Crippen LogP contribution is 2.38. The summed E-state index contributed by atoms with van der Waals surface area (Å²) < 4.78 is 10.8. The van der Waals surface area contributed by atoms with Gasteiger partial charge in [0.15, 0.2) is 6.29 Å². The van der Waals surface area contributed by atoms with E-state index in [-0.39, 0.29) is 19.3 Å². The van der Waals surface area contributed by atoms with Gasteiger partial charge in [0.1, 0.15) is 0 Å². The van der Waals surface area contributed by atoms with E-state index in [0.717, 1.165) is 0 Å². The molecule has 1 fully saturated rings. The van der Waals surface area contributed by atoms with E-state index < -0.39 is 17.7 Å². The molecule has 1 aliphatic rings. The zero-order valence-electron chi connectivity index (χ0n) is 11.7. The maximum atomic E-state index is 10.9. The molecule has 1 atom stereocenters. The Morgan fingerprint density at radius 3 is 2.59 bits per heavy atom. The van der Waals surface area contributed by atoms with Gasteiger partial charge in [-0.25, -0.2) is 0 Å². The number of nitrogens with zero attached hydrogens (tertiary/aromatic N) is 1. The van der Waals surface area contributed by atoms with Crippen LogP contribution in [0.1, 0.15) is 24.8 Å². The highest BCUT2D eigenvalue weighted by atomic mass is 35.5. The molecule has 22 heavy (non-hydrogen) atoms. The second-order valence-corrected chi connectivity index (χ2v) is 5.91. The topological polar surface area (TPSA) is 79.6 Å². The minimum Gasteiger partial charge on any atom is -0.481 e. The van der Waals surface area contributed by atoms with Gasteiger partial charge in [-0.3, -0.25) is 4.79 Å². The molecule has 5 nitrogen and oxygen atoms in total. The minimum atomic E-state index is -1.05. The first kappa shape index (κ1) is 17.0. The molecule has 0 saturated carbocycles. The molecule has 1 aromatic rings. The van der Waals surface area contributed by atoms with E-state index in [9.17, 15) is 10.1 Å². The van der Waals surface area contributed by atoms with E-state index in [1.54, 1.807) is 18.2 Å². The van der Waals surface area contributed by atoms with Crippen molar-refractivity contribution in [3.05, 3.63) is 33.8 Å². The molecule has 1 saturated heterocycles. The van der Waals surface area contributed by atoms with E-state index in [1.165, 1.54) is 0 Å². The number of aliphatic carboxylic acids is 1. The van der Waals surface area contributed by atoms with Crippen molar-refractivity contribution >= 4 is 29.2 Å². The maximum Gasteiger partial charge on any atom is 0.303 e. The van der Waals surface area contributed by atoms with Gasteiger partial charge in [-0.2, -0.15) is 5.26 Å². The molecular formula is C15H15Cl2NO4. The molecule has 0 spiro atoms. The van der Waals surface area contributed by atoms with Gasteiger partial charge in [-0.1, -0.05) is 29.3 Å². The standard InChI is InChI=1S/C15H15Cl2NO4/c16-11-2-1-10(7-12(11)17)15(9-18,4-3-13(19)20)8-14-21-5-6-22-14/h1-2,7,14H,3-6,8H2,(H,19,20)/t15-/m0/s1. The number of halogens is 2. The third kappa shape index (κ3) is 3.90. The fraction of sp³-hybridized carbons (Fsp3) is 0.467. The number of nitriles is 1. The Labute approximate surface area is 138 Å². The molecule has 7 heteroatoms. The number of carboxylic acids is 1. The first-order chi connectivity index (χ1) is 10.5. The van der Waals surface area contributed by atoms with E-state index in [0.29, 0.717) is 28.8 Å². The molecule has 1 N–H and O–H groups in total. The smallest absolute Gasteiger partial charge is 0.303 e. The second-order valence-electron chi connectivity index (χ2n) is 5.09. The van der Waals surface area contributed by atoms with Gasteiger partial charge in [-0.05, 0) is 24.1 Å². The molecule has 0 unspecified atom stereocenters. The Balaban J connectivity index is 2.34. The molecule has 118 valence electrons. The summed E-state index contributed by atoms with van der Waals surface area (Å²) in [7, 11) is 0. The fourth-order valence-electron chi connectivity index (χ4n) is 2.45. The Bertz CT molecular complexity index is 596. The summed E-state index contributed by atoms with van der Waals surface area (Å²) in [5.74, 6) is -0.965. The van der Waals surface area contributed by atoms with Gasteiger partial charge >= 0.3 is 5.97 Å². The van der Waals surface area contributed by atoms with Crippen molar-refractivity contribution in [1.29, 1.82) is 5.26 Å². The Kier molecular flexibility index (Phi) is 5.65. The summed E-state index contributed by atoms with van der Waals surface area (Å²) in [6.07, 6.45) is -0.280. The molecule has 0 aromatic heterocycles. The number of benzene rings is 1. The van der Waals surface area contributed by atoms with Crippen LogP contribution >= 0.6 is 23.2 Å².